The molecule has 1 saturated heterocycles. The largest absolute Gasteiger partial charge is 0.378 e. The van der Waals surface area contributed by atoms with Crippen LogP contribution in [-0.2, 0) is 4.74 Å². The Morgan fingerprint density at radius 1 is 1.15 bits per heavy atom. The third-order valence-corrected chi connectivity index (χ3v) is 4.31. The number of nitrogens with zero attached hydrogens (tertiary/aromatic N) is 4. The minimum atomic E-state index is 0.725. The predicted octanol–water partition coefficient (Wildman–Crippen LogP) is 1.92. The Bertz CT molecular complexity index is 698. The second-order valence-electron chi connectivity index (χ2n) is 4.57. The highest BCUT2D eigenvalue weighted by Gasteiger charge is 2.17. The summed E-state index contributed by atoms with van der Waals surface area (Å²) >= 11 is 1.62. The number of morpholine rings is 1. The van der Waals surface area contributed by atoms with Crippen LogP contribution in [0, 0.1) is 0 Å². The van der Waals surface area contributed by atoms with E-state index in [1.165, 1.54) is 0 Å². The molecule has 0 unspecified atom stereocenters. The van der Waals surface area contributed by atoms with Crippen LogP contribution >= 0.6 is 11.3 Å². The fraction of sp³-hybridized carbons (Fsp3) is 0.308. The van der Waals surface area contributed by atoms with Gasteiger partial charge in [0.15, 0.2) is 10.8 Å². The van der Waals surface area contributed by atoms with Crippen LogP contribution in [0.1, 0.15) is 0 Å². The molecule has 1 aliphatic heterocycles. The first-order valence-electron chi connectivity index (χ1n) is 6.51. The Morgan fingerprint density at radius 2 is 2.00 bits per heavy atom. The third kappa shape index (κ3) is 2.04. The summed E-state index contributed by atoms with van der Waals surface area (Å²) in [5.74, 6) is 1.45. The number of aromatic nitrogens is 4. The lowest BCUT2D eigenvalue weighted by atomic mass is 10.3. The minimum Gasteiger partial charge on any atom is -0.378 e. The van der Waals surface area contributed by atoms with Gasteiger partial charge in [-0.2, -0.15) is 4.98 Å². The molecule has 0 radical (unpaired) electrons. The molecule has 20 heavy (non-hydrogen) atoms. The number of H-pyrrole nitrogens is 1. The highest BCUT2D eigenvalue weighted by atomic mass is 32.1. The molecular weight excluding hydrogens is 274 g/mol. The first kappa shape index (κ1) is 11.8. The summed E-state index contributed by atoms with van der Waals surface area (Å²) in [6, 6.07) is 8.08. The van der Waals surface area contributed by atoms with Crippen LogP contribution in [-0.4, -0.2) is 46.5 Å². The number of para-hydroxylation sites is 1. The van der Waals surface area contributed by atoms with Gasteiger partial charge in [-0.25, -0.2) is 4.98 Å². The number of hydrogen-bond donors (Lipinski definition) is 1. The van der Waals surface area contributed by atoms with Crippen molar-refractivity contribution in [2.75, 3.05) is 31.2 Å². The van der Waals surface area contributed by atoms with Gasteiger partial charge in [0, 0.05) is 13.1 Å². The van der Waals surface area contributed by atoms with Crippen molar-refractivity contribution < 1.29 is 4.74 Å². The van der Waals surface area contributed by atoms with Crippen molar-refractivity contribution in [2.45, 2.75) is 0 Å². The third-order valence-electron chi connectivity index (χ3n) is 3.26. The lowest BCUT2D eigenvalue weighted by Gasteiger charge is -2.25. The maximum absolute atomic E-state index is 5.33. The molecule has 6 nitrogen and oxygen atoms in total. The number of thiazole rings is 1. The first-order chi connectivity index (χ1) is 9.90. The Morgan fingerprint density at radius 3 is 2.85 bits per heavy atom. The molecule has 1 aliphatic rings. The lowest BCUT2D eigenvalue weighted by Crippen LogP contribution is -2.36. The van der Waals surface area contributed by atoms with Crippen LogP contribution in [0.3, 0.4) is 0 Å². The molecule has 0 saturated carbocycles. The highest BCUT2D eigenvalue weighted by Crippen LogP contribution is 2.28. The van der Waals surface area contributed by atoms with Crippen molar-refractivity contribution in [3.8, 4) is 10.8 Å². The van der Waals surface area contributed by atoms with Gasteiger partial charge in [0.25, 0.3) is 0 Å². The van der Waals surface area contributed by atoms with Crippen LogP contribution in [0.2, 0.25) is 0 Å². The molecule has 3 heterocycles. The van der Waals surface area contributed by atoms with E-state index in [4.69, 9.17) is 4.74 Å². The molecule has 1 aromatic carbocycles. The van der Waals surface area contributed by atoms with Crippen LogP contribution in [0.15, 0.2) is 24.3 Å². The van der Waals surface area contributed by atoms with Crippen molar-refractivity contribution in [1.29, 1.82) is 0 Å². The van der Waals surface area contributed by atoms with E-state index in [9.17, 15) is 0 Å². The van der Waals surface area contributed by atoms with Crippen LogP contribution in [0.4, 0.5) is 5.95 Å². The molecule has 3 aromatic rings. The summed E-state index contributed by atoms with van der Waals surface area (Å²) in [4.78, 5) is 11.3. The average Bonchev–Trinajstić information content (AvgIpc) is 3.14. The van der Waals surface area contributed by atoms with Crippen molar-refractivity contribution in [1.82, 2.24) is 20.2 Å². The number of ether oxygens (including phenoxy) is 1. The van der Waals surface area contributed by atoms with Crippen LogP contribution in [0.25, 0.3) is 21.0 Å². The van der Waals surface area contributed by atoms with E-state index >= 15 is 0 Å². The Kier molecular flexibility index (Phi) is 2.86. The molecule has 102 valence electrons. The summed E-state index contributed by atoms with van der Waals surface area (Å²) in [5.41, 5.74) is 0.997. The Labute approximate surface area is 119 Å². The average molecular weight is 287 g/mol. The van der Waals surface area contributed by atoms with Crippen molar-refractivity contribution >= 4 is 27.5 Å². The Balaban J connectivity index is 1.66. The molecule has 0 atom stereocenters. The fourth-order valence-electron chi connectivity index (χ4n) is 2.23. The number of benzene rings is 1. The fourth-order valence-corrected chi connectivity index (χ4v) is 3.13. The maximum atomic E-state index is 5.33. The first-order valence-corrected chi connectivity index (χ1v) is 7.33. The molecular formula is C13H13N5OS. The van der Waals surface area contributed by atoms with Gasteiger partial charge in [-0.1, -0.05) is 12.1 Å². The quantitative estimate of drug-likeness (QED) is 0.780. The molecule has 0 aliphatic carbocycles. The second-order valence-corrected chi connectivity index (χ2v) is 5.60. The van der Waals surface area contributed by atoms with Crippen molar-refractivity contribution in [2.24, 2.45) is 0 Å². The number of hydrogen-bond acceptors (Lipinski definition) is 6. The summed E-state index contributed by atoms with van der Waals surface area (Å²) in [7, 11) is 0. The summed E-state index contributed by atoms with van der Waals surface area (Å²) in [6.45, 7) is 3.12. The van der Waals surface area contributed by atoms with E-state index in [1.807, 2.05) is 18.2 Å². The molecule has 4 rings (SSSR count). The van der Waals surface area contributed by atoms with Crippen LogP contribution in [0.5, 0.6) is 0 Å². The Hall–Kier alpha value is -1.99. The SMILES string of the molecule is c1ccc2sc(-c3nc(N4CCOCC4)n[nH]3)nc2c1. The van der Waals surface area contributed by atoms with E-state index in [1.54, 1.807) is 11.3 Å². The molecule has 0 bridgehead atoms. The second kappa shape index (κ2) is 4.84. The van der Waals surface area contributed by atoms with E-state index in [0.29, 0.717) is 0 Å². The van der Waals surface area contributed by atoms with Crippen molar-refractivity contribution in [3.63, 3.8) is 0 Å². The molecule has 7 heteroatoms. The molecule has 1 N–H and O–H groups in total. The topological polar surface area (TPSA) is 66.9 Å². The normalized spacial score (nSPS) is 15.9. The van der Waals surface area contributed by atoms with Gasteiger partial charge in [-0.05, 0) is 12.1 Å². The maximum Gasteiger partial charge on any atom is 0.245 e. The van der Waals surface area contributed by atoms with E-state index in [-0.39, 0.29) is 0 Å². The smallest absolute Gasteiger partial charge is 0.245 e. The summed E-state index contributed by atoms with van der Waals surface area (Å²) in [5, 5.41) is 8.15. The number of anilines is 1. The number of fused-ring (bicyclic) bond motifs is 1. The zero-order chi connectivity index (χ0) is 13.4. The number of nitrogens with one attached hydrogen (secondary N) is 1. The van der Waals surface area contributed by atoms with Gasteiger partial charge in [0.05, 0.1) is 23.4 Å². The monoisotopic (exact) mass is 287 g/mol. The lowest BCUT2D eigenvalue weighted by molar-refractivity contribution is 0.122. The van der Waals surface area contributed by atoms with E-state index in [0.717, 1.165) is 53.3 Å². The number of rotatable bonds is 2. The minimum absolute atomic E-state index is 0.725. The number of aromatic amines is 1. The van der Waals surface area contributed by atoms with Crippen molar-refractivity contribution in [3.05, 3.63) is 24.3 Å². The zero-order valence-electron chi connectivity index (χ0n) is 10.7. The van der Waals surface area contributed by atoms with E-state index < -0.39 is 0 Å². The molecule has 2 aromatic heterocycles. The van der Waals surface area contributed by atoms with Gasteiger partial charge >= 0.3 is 0 Å². The molecule has 0 spiro atoms. The van der Waals surface area contributed by atoms with Gasteiger partial charge in [0.1, 0.15) is 0 Å². The molecule has 0 amide bonds. The van der Waals surface area contributed by atoms with Gasteiger partial charge in [-0.15, -0.1) is 16.4 Å². The van der Waals surface area contributed by atoms with Gasteiger partial charge in [-0.3, -0.25) is 5.10 Å². The standard InChI is InChI=1S/C13H13N5OS/c1-2-4-10-9(3-1)14-12(20-10)11-15-13(17-16-11)18-5-7-19-8-6-18/h1-4H,5-8H2,(H,15,16,17). The molecule has 1 fully saturated rings. The zero-order valence-corrected chi connectivity index (χ0v) is 11.6. The van der Waals surface area contributed by atoms with E-state index in [2.05, 4.69) is 31.1 Å². The summed E-state index contributed by atoms with van der Waals surface area (Å²) in [6.07, 6.45) is 0. The van der Waals surface area contributed by atoms with Crippen LogP contribution < -0.4 is 4.90 Å². The highest BCUT2D eigenvalue weighted by molar-refractivity contribution is 7.21. The predicted molar refractivity (Wildman–Crippen MR) is 78.0 cm³/mol. The summed E-state index contributed by atoms with van der Waals surface area (Å²) < 4.78 is 6.49. The van der Waals surface area contributed by atoms with Gasteiger partial charge in [0.2, 0.25) is 5.95 Å². The van der Waals surface area contributed by atoms with Gasteiger partial charge < -0.3 is 9.64 Å².